The van der Waals surface area contributed by atoms with E-state index in [1.807, 2.05) is 43.3 Å². The first-order chi connectivity index (χ1) is 6.24. The van der Waals surface area contributed by atoms with Gasteiger partial charge in [-0.3, -0.25) is 4.99 Å². The Hall–Kier alpha value is -1.57. The first-order valence-electron chi connectivity index (χ1n) is 4.20. The number of benzene rings is 1. The third-order valence-electron chi connectivity index (χ3n) is 1.67. The molecule has 0 aliphatic heterocycles. The summed E-state index contributed by atoms with van der Waals surface area (Å²) < 4.78 is 0. The number of rotatable bonds is 2. The topological polar surface area (TPSA) is 38.4 Å². The van der Waals surface area contributed by atoms with Gasteiger partial charge in [-0.1, -0.05) is 30.3 Å². The van der Waals surface area contributed by atoms with Crippen LogP contribution in [0.3, 0.4) is 0 Å². The molecule has 0 radical (unpaired) electrons. The van der Waals surface area contributed by atoms with Gasteiger partial charge in [-0.05, 0) is 18.6 Å². The molecule has 0 aromatic heterocycles. The Bertz CT molecular complexity index is 319. The molecule has 0 saturated heterocycles. The third kappa shape index (κ3) is 2.75. The van der Waals surface area contributed by atoms with E-state index in [0.717, 1.165) is 17.0 Å². The molecule has 1 aromatic rings. The lowest BCUT2D eigenvalue weighted by molar-refractivity contribution is 1.31. The van der Waals surface area contributed by atoms with E-state index < -0.39 is 0 Å². The van der Waals surface area contributed by atoms with Crippen LogP contribution in [0.15, 0.2) is 47.1 Å². The van der Waals surface area contributed by atoms with E-state index in [-0.39, 0.29) is 0 Å². The Morgan fingerprint density at radius 3 is 2.38 bits per heavy atom. The van der Waals surface area contributed by atoms with E-state index in [0.29, 0.717) is 0 Å². The molecule has 1 aromatic carbocycles. The Morgan fingerprint density at radius 1 is 1.31 bits per heavy atom. The highest BCUT2D eigenvalue weighted by Crippen LogP contribution is 2.02. The van der Waals surface area contributed by atoms with Crippen molar-refractivity contribution in [2.45, 2.75) is 6.92 Å². The van der Waals surface area contributed by atoms with Crippen LogP contribution in [0.1, 0.15) is 12.5 Å². The van der Waals surface area contributed by atoms with Crippen molar-refractivity contribution < 1.29 is 0 Å². The predicted octanol–water partition coefficient (Wildman–Crippen LogP) is 1.97. The highest BCUT2D eigenvalue weighted by Gasteiger charge is 1.96. The Labute approximate surface area is 78.8 Å². The zero-order valence-corrected chi connectivity index (χ0v) is 7.99. The van der Waals surface area contributed by atoms with Crippen LogP contribution in [0, 0.1) is 0 Å². The normalized spacial score (nSPS) is 13.1. The highest BCUT2D eigenvalue weighted by atomic mass is 14.7. The van der Waals surface area contributed by atoms with E-state index >= 15 is 0 Å². The molecule has 0 saturated carbocycles. The van der Waals surface area contributed by atoms with Crippen LogP contribution in [0.2, 0.25) is 0 Å². The Kier molecular flexibility index (Phi) is 3.26. The molecule has 2 nitrogen and oxygen atoms in total. The molecular weight excluding hydrogens is 160 g/mol. The number of nitrogens with zero attached hydrogens (tertiary/aromatic N) is 1. The van der Waals surface area contributed by atoms with Gasteiger partial charge in [0, 0.05) is 12.7 Å². The summed E-state index contributed by atoms with van der Waals surface area (Å²) in [7, 11) is 1.77. The molecular formula is C11H14N2. The fraction of sp³-hybridized carbons (Fsp3) is 0.182. The molecule has 2 N–H and O–H groups in total. The van der Waals surface area contributed by atoms with Crippen molar-refractivity contribution in [3.63, 3.8) is 0 Å². The lowest BCUT2D eigenvalue weighted by Gasteiger charge is -2.00. The summed E-state index contributed by atoms with van der Waals surface area (Å²) in [5, 5.41) is 0. The molecule has 0 atom stereocenters. The molecule has 0 fully saturated rings. The minimum Gasteiger partial charge on any atom is -0.402 e. The SMILES string of the molecule is CN=C(/C=C(\C)N)c1ccccc1. The zero-order valence-electron chi connectivity index (χ0n) is 7.99. The second-order valence-electron chi connectivity index (χ2n) is 2.86. The van der Waals surface area contributed by atoms with Gasteiger partial charge in [-0.15, -0.1) is 0 Å². The van der Waals surface area contributed by atoms with Gasteiger partial charge in [0.25, 0.3) is 0 Å². The number of allylic oxidation sites excluding steroid dienone is 2. The largest absolute Gasteiger partial charge is 0.402 e. The van der Waals surface area contributed by atoms with E-state index in [1.54, 1.807) is 7.05 Å². The molecule has 1 rings (SSSR count). The monoisotopic (exact) mass is 174 g/mol. The van der Waals surface area contributed by atoms with Gasteiger partial charge in [0.1, 0.15) is 0 Å². The summed E-state index contributed by atoms with van der Waals surface area (Å²) in [6, 6.07) is 9.99. The van der Waals surface area contributed by atoms with Crippen molar-refractivity contribution in [3.8, 4) is 0 Å². The van der Waals surface area contributed by atoms with Crippen molar-refractivity contribution in [2.75, 3.05) is 7.05 Å². The van der Waals surface area contributed by atoms with Crippen molar-refractivity contribution >= 4 is 5.71 Å². The van der Waals surface area contributed by atoms with Gasteiger partial charge in [0.05, 0.1) is 5.71 Å². The number of aliphatic imine (C=N–C) groups is 1. The maximum atomic E-state index is 5.59. The predicted molar refractivity (Wildman–Crippen MR) is 56.8 cm³/mol. The molecule has 0 aliphatic rings. The van der Waals surface area contributed by atoms with Crippen molar-refractivity contribution in [1.29, 1.82) is 0 Å². The Morgan fingerprint density at radius 2 is 1.92 bits per heavy atom. The molecule has 0 amide bonds. The van der Waals surface area contributed by atoms with Crippen molar-refractivity contribution in [3.05, 3.63) is 47.7 Å². The summed E-state index contributed by atoms with van der Waals surface area (Å²) in [5.74, 6) is 0. The fourth-order valence-electron chi connectivity index (χ4n) is 1.10. The van der Waals surface area contributed by atoms with Crippen LogP contribution in [-0.2, 0) is 0 Å². The van der Waals surface area contributed by atoms with Gasteiger partial charge in [0.2, 0.25) is 0 Å². The van der Waals surface area contributed by atoms with Crippen molar-refractivity contribution in [2.24, 2.45) is 10.7 Å². The maximum absolute atomic E-state index is 5.59. The van der Waals surface area contributed by atoms with Gasteiger partial charge in [-0.2, -0.15) is 0 Å². The van der Waals surface area contributed by atoms with Gasteiger partial charge in [0.15, 0.2) is 0 Å². The average Bonchev–Trinajstić information content (AvgIpc) is 2.15. The standard InChI is InChI=1S/C11H14N2/c1-9(12)8-11(13-2)10-6-4-3-5-7-10/h3-8H,12H2,1-2H3/b9-8+,13-11?. The minimum absolute atomic E-state index is 0.768. The molecule has 0 unspecified atom stereocenters. The average molecular weight is 174 g/mol. The number of hydrogen-bond donors (Lipinski definition) is 1. The highest BCUT2D eigenvalue weighted by molar-refractivity contribution is 6.08. The maximum Gasteiger partial charge on any atom is 0.0660 e. The van der Waals surface area contributed by atoms with E-state index in [2.05, 4.69) is 4.99 Å². The van der Waals surface area contributed by atoms with Gasteiger partial charge < -0.3 is 5.73 Å². The van der Waals surface area contributed by atoms with Crippen LogP contribution in [0.4, 0.5) is 0 Å². The summed E-state index contributed by atoms with van der Waals surface area (Å²) in [4.78, 5) is 4.16. The van der Waals surface area contributed by atoms with Gasteiger partial charge in [-0.25, -0.2) is 0 Å². The molecule has 0 bridgehead atoms. The molecule has 68 valence electrons. The van der Waals surface area contributed by atoms with E-state index in [1.165, 1.54) is 0 Å². The second kappa shape index (κ2) is 4.45. The zero-order chi connectivity index (χ0) is 9.68. The Balaban J connectivity index is 3.00. The molecule has 0 heterocycles. The van der Waals surface area contributed by atoms with Crippen molar-refractivity contribution in [1.82, 2.24) is 0 Å². The smallest absolute Gasteiger partial charge is 0.0660 e. The van der Waals surface area contributed by atoms with Crippen LogP contribution in [0.5, 0.6) is 0 Å². The summed E-state index contributed by atoms with van der Waals surface area (Å²) in [5.41, 5.74) is 8.36. The first kappa shape index (κ1) is 9.52. The van der Waals surface area contributed by atoms with Crippen LogP contribution >= 0.6 is 0 Å². The summed E-state index contributed by atoms with van der Waals surface area (Å²) in [6.07, 6.45) is 1.87. The summed E-state index contributed by atoms with van der Waals surface area (Å²) >= 11 is 0. The summed E-state index contributed by atoms with van der Waals surface area (Å²) in [6.45, 7) is 1.86. The lowest BCUT2D eigenvalue weighted by atomic mass is 10.1. The van der Waals surface area contributed by atoms with Crippen LogP contribution < -0.4 is 5.73 Å². The van der Waals surface area contributed by atoms with Crippen LogP contribution in [-0.4, -0.2) is 12.8 Å². The van der Waals surface area contributed by atoms with E-state index in [9.17, 15) is 0 Å². The molecule has 0 spiro atoms. The van der Waals surface area contributed by atoms with Crippen LogP contribution in [0.25, 0.3) is 0 Å². The first-order valence-corrected chi connectivity index (χ1v) is 4.20. The molecule has 0 aliphatic carbocycles. The van der Waals surface area contributed by atoms with Gasteiger partial charge >= 0.3 is 0 Å². The minimum atomic E-state index is 0.768. The lowest BCUT2D eigenvalue weighted by Crippen LogP contribution is -2.01. The number of hydrogen-bond acceptors (Lipinski definition) is 2. The second-order valence-corrected chi connectivity index (χ2v) is 2.86. The quantitative estimate of drug-likeness (QED) is 0.684. The third-order valence-corrected chi connectivity index (χ3v) is 1.67. The fourth-order valence-corrected chi connectivity index (χ4v) is 1.10. The van der Waals surface area contributed by atoms with E-state index in [4.69, 9.17) is 5.73 Å². The molecule has 13 heavy (non-hydrogen) atoms. The molecule has 2 heteroatoms. The number of nitrogens with two attached hydrogens (primary N) is 1.